The van der Waals surface area contributed by atoms with Gasteiger partial charge in [0.1, 0.15) is 6.61 Å². The molecule has 0 radical (unpaired) electrons. The van der Waals surface area contributed by atoms with Crippen molar-refractivity contribution in [2.75, 3.05) is 6.79 Å². The molecule has 2 aromatic rings. The summed E-state index contributed by atoms with van der Waals surface area (Å²) in [6, 6.07) is 5.86. The summed E-state index contributed by atoms with van der Waals surface area (Å²) in [7, 11) is 0. The van der Waals surface area contributed by atoms with E-state index in [2.05, 4.69) is 22.6 Å². The number of fused-ring (bicyclic) bond motifs is 3. The van der Waals surface area contributed by atoms with Crippen molar-refractivity contribution in [3.05, 3.63) is 32.9 Å². The summed E-state index contributed by atoms with van der Waals surface area (Å²) in [5.41, 5.74) is 1.62. The van der Waals surface area contributed by atoms with Gasteiger partial charge in [0.2, 0.25) is 6.79 Å². The number of ether oxygens (including phenoxy) is 3. The number of cyclic esters (lactones) is 1. The first kappa shape index (κ1) is 10.4. The fourth-order valence-electron chi connectivity index (χ4n) is 2.35. The van der Waals surface area contributed by atoms with Crippen molar-refractivity contribution < 1.29 is 19.0 Å². The molecule has 0 saturated carbocycles. The van der Waals surface area contributed by atoms with Crippen LogP contribution in [0.15, 0.2) is 18.2 Å². The molecular formula is C13H7IO4. The summed E-state index contributed by atoms with van der Waals surface area (Å²) in [5.74, 6) is 1.24. The summed E-state index contributed by atoms with van der Waals surface area (Å²) >= 11 is 2.19. The molecule has 0 amide bonds. The van der Waals surface area contributed by atoms with Crippen LogP contribution in [-0.4, -0.2) is 12.8 Å². The first-order valence-corrected chi connectivity index (χ1v) is 6.54. The van der Waals surface area contributed by atoms with Gasteiger partial charge in [-0.2, -0.15) is 0 Å². The van der Waals surface area contributed by atoms with Crippen LogP contribution in [0.25, 0.3) is 10.8 Å². The molecule has 0 aliphatic carbocycles. The Morgan fingerprint density at radius 2 is 1.83 bits per heavy atom. The van der Waals surface area contributed by atoms with Gasteiger partial charge >= 0.3 is 5.97 Å². The summed E-state index contributed by atoms with van der Waals surface area (Å²) in [4.78, 5) is 11.7. The van der Waals surface area contributed by atoms with E-state index in [-0.39, 0.29) is 12.8 Å². The smallest absolute Gasteiger partial charge is 0.339 e. The lowest BCUT2D eigenvalue weighted by Gasteiger charge is -2.06. The Kier molecular flexibility index (Phi) is 2.03. The number of hydrogen-bond acceptors (Lipinski definition) is 4. The molecule has 0 aromatic heterocycles. The average molecular weight is 354 g/mol. The van der Waals surface area contributed by atoms with Crippen molar-refractivity contribution in [2.24, 2.45) is 0 Å². The van der Waals surface area contributed by atoms with E-state index in [1.54, 1.807) is 0 Å². The minimum Gasteiger partial charge on any atom is -0.457 e. The zero-order valence-corrected chi connectivity index (χ0v) is 11.3. The molecule has 4 rings (SSSR count). The molecule has 2 aliphatic heterocycles. The van der Waals surface area contributed by atoms with Crippen molar-refractivity contribution in [2.45, 2.75) is 6.61 Å². The van der Waals surface area contributed by atoms with Gasteiger partial charge in [0.15, 0.2) is 11.5 Å². The maximum Gasteiger partial charge on any atom is 0.339 e. The SMILES string of the molecule is O=C1OCc2cc3cc4c(cc3c(I)c21)OCO4. The second-order valence-corrected chi connectivity index (χ2v) is 5.31. The van der Waals surface area contributed by atoms with Crippen LogP contribution in [0.3, 0.4) is 0 Å². The Hall–Kier alpha value is -1.50. The van der Waals surface area contributed by atoms with Crippen LogP contribution in [0.5, 0.6) is 11.5 Å². The van der Waals surface area contributed by atoms with E-state index < -0.39 is 0 Å². The summed E-state index contributed by atoms with van der Waals surface area (Å²) < 4.78 is 16.7. The molecule has 0 unspecified atom stereocenters. The van der Waals surface area contributed by atoms with E-state index in [0.717, 1.165) is 31.4 Å². The van der Waals surface area contributed by atoms with Crippen LogP contribution >= 0.6 is 22.6 Å². The number of benzene rings is 2. The predicted molar refractivity (Wildman–Crippen MR) is 71.9 cm³/mol. The Bertz CT molecular complexity index is 708. The van der Waals surface area contributed by atoms with Crippen molar-refractivity contribution in [3.63, 3.8) is 0 Å². The first-order valence-electron chi connectivity index (χ1n) is 5.46. The zero-order chi connectivity index (χ0) is 12.3. The summed E-state index contributed by atoms with van der Waals surface area (Å²) in [6.07, 6.45) is 0. The molecule has 0 atom stereocenters. The van der Waals surface area contributed by atoms with E-state index in [1.807, 2.05) is 18.2 Å². The Balaban J connectivity index is 2.10. The molecule has 5 heteroatoms. The maximum atomic E-state index is 11.7. The number of carbonyl (C=O) groups is 1. The lowest BCUT2D eigenvalue weighted by molar-refractivity contribution is 0.0534. The minimum atomic E-state index is -0.242. The Labute approximate surface area is 116 Å². The molecule has 2 heterocycles. The van der Waals surface area contributed by atoms with Crippen molar-refractivity contribution >= 4 is 39.3 Å². The lowest BCUT2D eigenvalue weighted by Crippen LogP contribution is -1.98. The number of rotatable bonds is 0. The zero-order valence-electron chi connectivity index (χ0n) is 9.16. The third-order valence-electron chi connectivity index (χ3n) is 3.21. The average Bonchev–Trinajstić information content (AvgIpc) is 2.94. The van der Waals surface area contributed by atoms with Crippen molar-refractivity contribution in [3.8, 4) is 11.5 Å². The number of hydrogen-bond donors (Lipinski definition) is 0. The minimum absolute atomic E-state index is 0.242. The van der Waals surface area contributed by atoms with Gasteiger partial charge in [-0.15, -0.1) is 0 Å². The van der Waals surface area contributed by atoms with Gasteiger partial charge in [-0.05, 0) is 51.6 Å². The summed E-state index contributed by atoms with van der Waals surface area (Å²) in [6.45, 7) is 0.610. The highest BCUT2D eigenvalue weighted by Gasteiger charge is 2.27. The molecule has 18 heavy (non-hydrogen) atoms. The standard InChI is InChI=1S/C13H7IO4/c14-12-8-3-10-9(17-5-18-10)2-6(8)1-7-4-16-13(15)11(7)12/h1-3H,4-5H2. The van der Waals surface area contributed by atoms with Crippen LogP contribution in [0.1, 0.15) is 15.9 Å². The Morgan fingerprint density at radius 1 is 1.06 bits per heavy atom. The van der Waals surface area contributed by atoms with Crippen LogP contribution in [0.4, 0.5) is 0 Å². The molecule has 2 aliphatic rings. The monoisotopic (exact) mass is 354 g/mol. The molecule has 0 N–H and O–H groups in total. The third kappa shape index (κ3) is 1.28. The largest absolute Gasteiger partial charge is 0.457 e. The number of halogens is 1. The first-order chi connectivity index (χ1) is 8.74. The fourth-order valence-corrected chi connectivity index (χ4v) is 3.39. The second kappa shape index (κ2) is 3.50. The van der Waals surface area contributed by atoms with Crippen LogP contribution in [0.2, 0.25) is 0 Å². The maximum absolute atomic E-state index is 11.7. The fraction of sp³-hybridized carbons (Fsp3) is 0.154. The van der Waals surface area contributed by atoms with Gasteiger partial charge in [-0.25, -0.2) is 4.79 Å². The van der Waals surface area contributed by atoms with E-state index in [4.69, 9.17) is 14.2 Å². The molecule has 90 valence electrons. The third-order valence-corrected chi connectivity index (χ3v) is 4.33. The summed E-state index contributed by atoms with van der Waals surface area (Å²) in [5, 5.41) is 2.04. The Morgan fingerprint density at radius 3 is 2.67 bits per heavy atom. The molecule has 0 saturated heterocycles. The quantitative estimate of drug-likeness (QED) is 0.539. The van der Waals surface area contributed by atoms with Gasteiger partial charge < -0.3 is 14.2 Å². The molecular weight excluding hydrogens is 347 g/mol. The van der Waals surface area contributed by atoms with Crippen molar-refractivity contribution in [1.82, 2.24) is 0 Å². The highest BCUT2D eigenvalue weighted by molar-refractivity contribution is 14.1. The molecule has 0 fully saturated rings. The van der Waals surface area contributed by atoms with Gasteiger partial charge in [0.05, 0.1) is 5.56 Å². The molecule has 2 aromatic carbocycles. The van der Waals surface area contributed by atoms with Gasteiger partial charge in [-0.1, -0.05) is 0 Å². The van der Waals surface area contributed by atoms with Crippen molar-refractivity contribution in [1.29, 1.82) is 0 Å². The molecule has 0 bridgehead atoms. The van der Waals surface area contributed by atoms with Crippen LogP contribution < -0.4 is 9.47 Å². The highest BCUT2D eigenvalue weighted by atomic mass is 127. The van der Waals surface area contributed by atoms with Gasteiger partial charge in [0.25, 0.3) is 0 Å². The van der Waals surface area contributed by atoms with Gasteiger partial charge in [0, 0.05) is 9.13 Å². The highest BCUT2D eigenvalue weighted by Crippen LogP contribution is 2.40. The normalized spacial score (nSPS) is 15.9. The van der Waals surface area contributed by atoms with Gasteiger partial charge in [-0.3, -0.25) is 0 Å². The number of esters is 1. The second-order valence-electron chi connectivity index (χ2n) is 4.23. The van der Waals surface area contributed by atoms with E-state index in [9.17, 15) is 4.79 Å². The van der Waals surface area contributed by atoms with Crippen LogP contribution in [-0.2, 0) is 11.3 Å². The van der Waals surface area contributed by atoms with E-state index >= 15 is 0 Å². The molecule has 4 nitrogen and oxygen atoms in total. The topological polar surface area (TPSA) is 44.8 Å². The number of carbonyl (C=O) groups excluding carboxylic acids is 1. The molecule has 0 spiro atoms. The van der Waals surface area contributed by atoms with E-state index in [1.165, 1.54) is 0 Å². The van der Waals surface area contributed by atoms with Crippen LogP contribution in [0, 0.1) is 3.57 Å². The van der Waals surface area contributed by atoms with E-state index in [0.29, 0.717) is 12.2 Å². The lowest BCUT2D eigenvalue weighted by atomic mass is 10.0. The predicted octanol–water partition coefficient (Wildman–Crippen LogP) is 2.84.